The largest absolute Gasteiger partial charge is 0.354 e. The van der Waals surface area contributed by atoms with Gasteiger partial charge in [-0.3, -0.25) is 4.90 Å². The quantitative estimate of drug-likeness (QED) is 0.810. The molecule has 0 aliphatic carbocycles. The molecule has 0 unspecified atom stereocenters. The minimum absolute atomic E-state index is 0.642. The molecule has 110 valence electrons. The standard InChI is InChI=1S/C16H19FN4/c1-13-11-15(19-16(17)18-13)21-9-7-20(8-10-21)12-14-5-3-2-4-6-14/h2-6,11H,7-10,12H2,1H3. The van der Waals surface area contributed by atoms with Gasteiger partial charge in [0.15, 0.2) is 0 Å². The highest BCUT2D eigenvalue weighted by atomic mass is 19.1. The second-order valence-electron chi connectivity index (χ2n) is 5.39. The van der Waals surface area contributed by atoms with Gasteiger partial charge in [-0.15, -0.1) is 0 Å². The molecule has 1 saturated heterocycles. The molecule has 1 aliphatic rings. The van der Waals surface area contributed by atoms with Crippen molar-refractivity contribution in [2.45, 2.75) is 13.5 Å². The number of halogens is 1. The van der Waals surface area contributed by atoms with Crippen LogP contribution in [0, 0.1) is 13.0 Å². The smallest absolute Gasteiger partial charge is 0.310 e. The zero-order chi connectivity index (χ0) is 14.7. The van der Waals surface area contributed by atoms with Crippen LogP contribution in [0.25, 0.3) is 0 Å². The molecule has 21 heavy (non-hydrogen) atoms. The number of hydrogen-bond donors (Lipinski definition) is 0. The Hall–Kier alpha value is -2.01. The average Bonchev–Trinajstić information content (AvgIpc) is 2.48. The van der Waals surface area contributed by atoms with Gasteiger partial charge < -0.3 is 4.90 Å². The normalized spacial score (nSPS) is 16.2. The van der Waals surface area contributed by atoms with Gasteiger partial charge >= 0.3 is 6.08 Å². The fourth-order valence-electron chi connectivity index (χ4n) is 2.66. The number of aryl methyl sites for hydroxylation is 1. The Morgan fingerprint density at radius 1 is 1.05 bits per heavy atom. The van der Waals surface area contributed by atoms with E-state index >= 15 is 0 Å². The Morgan fingerprint density at radius 2 is 1.76 bits per heavy atom. The minimum Gasteiger partial charge on any atom is -0.354 e. The topological polar surface area (TPSA) is 32.3 Å². The van der Waals surface area contributed by atoms with Gasteiger partial charge in [0, 0.05) is 44.5 Å². The highest BCUT2D eigenvalue weighted by molar-refractivity contribution is 5.39. The molecule has 1 aliphatic heterocycles. The maximum absolute atomic E-state index is 13.3. The van der Waals surface area contributed by atoms with Gasteiger partial charge in [-0.05, 0) is 12.5 Å². The van der Waals surface area contributed by atoms with E-state index < -0.39 is 6.08 Å². The summed E-state index contributed by atoms with van der Waals surface area (Å²) in [6.07, 6.45) is -0.642. The zero-order valence-corrected chi connectivity index (χ0v) is 12.2. The van der Waals surface area contributed by atoms with Crippen molar-refractivity contribution in [1.29, 1.82) is 0 Å². The van der Waals surface area contributed by atoms with E-state index in [1.165, 1.54) is 5.56 Å². The number of rotatable bonds is 3. The third kappa shape index (κ3) is 3.55. The molecular weight excluding hydrogens is 267 g/mol. The Bertz CT molecular complexity index is 574. The predicted molar refractivity (Wildman–Crippen MR) is 80.7 cm³/mol. The predicted octanol–water partition coefficient (Wildman–Crippen LogP) is 2.25. The lowest BCUT2D eigenvalue weighted by Gasteiger charge is -2.35. The van der Waals surface area contributed by atoms with Gasteiger partial charge in [-0.25, -0.2) is 4.98 Å². The van der Waals surface area contributed by atoms with Crippen LogP contribution in [0.3, 0.4) is 0 Å². The number of anilines is 1. The summed E-state index contributed by atoms with van der Waals surface area (Å²) in [6.45, 7) is 6.40. The number of hydrogen-bond acceptors (Lipinski definition) is 4. The van der Waals surface area contributed by atoms with E-state index in [1.807, 2.05) is 12.1 Å². The van der Waals surface area contributed by atoms with Crippen LogP contribution in [0.5, 0.6) is 0 Å². The van der Waals surface area contributed by atoms with Crippen LogP contribution in [0.4, 0.5) is 10.2 Å². The Balaban J connectivity index is 1.60. The zero-order valence-electron chi connectivity index (χ0n) is 12.2. The minimum atomic E-state index is -0.642. The molecule has 4 nitrogen and oxygen atoms in total. The SMILES string of the molecule is Cc1cc(N2CCN(Cc3ccccc3)CC2)nc(F)n1. The van der Waals surface area contributed by atoms with Crippen LogP contribution in [0.15, 0.2) is 36.4 Å². The Labute approximate surface area is 124 Å². The van der Waals surface area contributed by atoms with Crippen molar-refractivity contribution in [3.8, 4) is 0 Å². The summed E-state index contributed by atoms with van der Waals surface area (Å²) in [5, 5.41) is 0. The van der Waals surface area contributed by atoms with E-state index in [0.29, 0.717) is 11.5 Å². The summed E-state index contributed by atoms with van der Waals surface area (Å²) in [5.74, 6) is 0.694. The van der Waals surface area contributed by atoms with E-state index in [0.717, 1.165) is 32.7 Å². The third-order valence-corrected chi connectivity index (χ3v) is 3.76. The first-order valence-electron chi connectivity index (χ1n) is 7.23. The first kappa shape index (κ1) is 13.9. The highest BCUT2D eigenvalue weighted by Gasteiger charge is 2.19. The van der Waals surface area contributed by atoms with Crippen LogP contribution in [-0.2, 0) is 6.54 Å². The van der Waals surface area contributed by atoms with Crippen molar-refractivity contribution in [3.05, 3.63) is 53.7 Å². The molecule has 1 aromatic carbocycles. The van der Waals surface area contributed by atoms with Crippen molar-refractivity contribution < 1.29 is 4.39 Å². The van der Waals surface area contributed by atoms with Crippen molar-refractivity contribution >= 4 is 5.82 Å². The Morgan fingerprint density at radius 3 is 2.43 bits per heavy atom. The van der Waals surface area contributed by atoms with Crippen LogP contribution in [0.2, 0.25) is 0 Å². The molecule has 2 aromatic rings. The molecule has 3 rings (SSSR count). The third-order valence-electron chi connectivity index (χ3n) is 3.76. The van der Waals surface area contributed by atoms with Gasteiger partial charge in [0.25, 0.3) is 0 Å². The van der Waals surface area contributed by atoms with E-state index in [4.69, 9.17) is 0 Å². The fraction of sp³-hybridized carbons (Fsp3) is 0.375. The van der Waals surface area contributed by atoms with E-state index in [1.54, 1.807) is 6.92 Å². The fourth-order valence-corrected chi connectivity index (χ4v) is 2.66. The molecule has 2 heterocycles. The molecule has 0 saturated carbocycles. The molecule has 0 N–H and O–H groups in total. The lowest BCUT2D eigenvalue weighted by atomic mass is 10.2. The van der Waals surface area contributed by atoms with Crippen LogP contribution in [-0.4, -0.2) is 41.0 Å². The van der Waals surface area contributed by atoms with Crippen LogP contribution >= 0.6 is 0 Å². The van der Waals surface area contributed by atoms with Crippen LogP contribution < -0.4 is 4.90 Å². The number of piperazine rings is 1. The molecule has 0 atom stereocenters. The second-order valence-corrected chi connectivity index (χ2v) is 5.39. The van der Waals surface area contributed by atoms with Crippen molar-refractivity contribution in [2.75, 3.05) is 31.1 Å². The summed E-state index contributed by atoms with van der Waals surface area (Å²) >= 11 is 0. The van der Waals surface area contributed by atoms with Gasteiger partial charge in [-0.2, -0.15) is 9.37 Å². The summed E-state index contributed by atoms with van der Waals surface area (Å²) in [5.41, 5.74) is 2.00. The van der Waals surface area contributed by atoms with E-state index in [-0.39, 0.29) is 0 Å². The van der Waals surface area contributed by atoms with Gasteiger partial charge in [0.2, 0.25) is 0 Å². The first-order chi connectivity index (χ1) is 10.2. The molecule has 5 heteroatoms. The van der Waals surface area contributed by atoms with Crippen molar-refractivity contribution in [2.24, 2.45) is 0 Å². The van der Waals surface area contributed by atoms with Crippen LogP contribution in [0.1, 0.15) is 11.3 Å². The summed E-state index contributed by atoms with van der Waals surface area (Å²) in [6, 6.07) is 12.3. The summed E-state index contributed by atoms with van der Waals surface area (Å²) in [4.78, 5) is 12.1. The highest BCUT2D eigenvalue weighted by Crippen LogP contribution is 2.16. The summed E-state index contributed by atoms with van der Waals surface area (Å²) in [7, 11) is 0. The van der Waals surface area contributed by atoms with Gasteiger partial charge in [-0.1, -0.05) is 30.3 Å². The molecule has 0 amide bonds. The van der Waals surface area contributed by atoms with Gasteiger partial charge in [0.05, 0.1) is 0 Å². The lowest BCUT2D eigenvalue weighted by molar-refractivity contribution is 0.249. The number of aromatic nitrogens is 2. The number of nitrogens with zero attached hydrogens (tertiary/aromatic N) is 4. The maximum atomic E-state index is 13.3. The van der Waals surface area contributed by atoms with Crippen molar-refractivity contribution in [1.82, 2.24) is 14.9 Å². The van der Waals surface area contributed by atoms with Crippen molar-refractivity contribution in [3.63, 3.8) is 0 Å². The second kappa shape index (κ2) is 6.18. The molecular formula is C16H19FN4. The van der Waals surface area contributed by atoms with E-state index in [9.17, 15) is 4.39 Å². The number of benzene rings is 1. The molecule has 0 radical (unpaired) electrons. The molecule has 0 spiro atoms. The lowest BCUT2D eigenvalue weighted by Crippen LogP contribution is -2.46. The monoisotopic (exact) mass is 286 g/mol. The molecule has 1 aromatic heterocycles. The molecule has 1 fully saturated rings. The average molecular weight is 286 g/mol. The van der Waals surface area contributed by atoms with Gasteiger partial charge in [0.1, 0.15) is 5.82 Å². The van der Waals surface area contributed by atoms with E-state index in [2.05, 4.69) is 44.0 Å². The molecule has 0 bridgehead atoms. The maximum Gasteiger partial charge on any atom is 0.310 e. The summed E-state index contributed by atoms with van der Waals surface area (Å²) < 4.78 is 13.3. The Kier molecular flexibility index (Phi) is 4.10. The first-order valence-corrected chi connectivity index (χ1v) is 7.23.